The number of hydrogen-bond acceptors (Lipinski definition) is 4. The number of carbonyl (C=O) groups excluding carboxylic acids is 1. The molecule has 6 nitrogen and oxygen atoms in total. The van der Waals surface area contributed by atoms with Gasteiger partial charge in [0.25, 0.3) is 5.91 Å². The van der Waals surface area contributed by atoms with E-state index in [1.165, 1.54) is 33.3 Å². The van der Waals surface area contributed by atoms with E-state index in [1.54, 1.807) is 12.1 Å². The van der Waals surface area contributed by atoms with Gasteiger partial charge in [-0.15, -0.1) is 0 Å². The molecule has 9 heteroatoms. The smallest absolute Gasteiger partial charge is 0.279 e. The minimum atomic E-state index is -3.66. The zero-order chi connectivity index (χ0) is 24.6. The molecule has 2 heterocycles. The van der Waals surface area contributed by atoms with Crippen LogP contribution in [-0.2, 0) is 29.5 Å². The van der Waals surface area contributed by atoms with Crippen molar-refractivity contribution in [2.75, 3.05) is 6.54 Å². The van der Waals surface area contributed by atoms with Gasteiger partial charge >= 0.3 is 0 Å². The van der Waals surface area contributed by atoms with E-state index in [9.17, 15) is 13.2 Å². The van der Waals surface area contributed by atoms with Gasteiger partial charge < -0.3 is 4.57 Å². The molecular formula is C26H24BrN3O3S2. The number of amides is 1. The summed E-state index contributed by atoms with van der Waals surface area (Å²) in [6.45, 7) is 3.63. The van der Waals surface area contributed by atoms with Gasteiger partial charge in [-0.3, -0.25) is 4.79 Å². The Balaban J connectivity index is 1.42. The lowest BCUT2D eigenvalue weighted by Crippen LogP contribution is -2.35. The van der Waals surface area contributed by atoms with E-state index in [-0.39, 0.29) is 4.90 Å². The maximum atomic E-state index is 13.2. The third kappa shape index (κ3) is 4.78. The van der Waals surface area contributed by atoms with Crippen LogP contribution >= 0.6 is 27.3 Å². The summed E-state index contributed by atoms with van der Waals surface area (Å²) < 4.78 is 32.0. The molecule has 1 amide bonds. The zero-order valence-corrected chi connectivity index (χ0v) is 22.4. The zero-order valence-electron chi connectivity index (χ0n) is 19.1. The van der Waals surface area contributed by atoms with Crippen molar-refractivity contribution in [3.63, 3.8) is 0 Å². The average Bonchev–Trinajstić information content (AvgIpc) is 3.19. The van der Waals surface area contributed by atoms with Gasteiger partial charge in [-0.25, -0.2) is 8.42 Å². The second kappa shape index (κ2) is 9.81. The monoisotopic (exact) mass is 569 g/mol. The number of nitrogens with zero attached hydrogens (tertiary/aromatic N) is 3. The molecule has 0 atom stereocenters. The summed E-state index contributed by atoms with van der Waals surface area (Å²) in [6.07, 6.45) is 1.60. The molecule has 0 saturated heterocycles. The Labute approximate surface area is 216 Å². The number of sulfonamides is 1. The predicted octanol–water partition coefficient (Wildman–Crippen LogP) is 5.36. The quantitative estimate of drug-likeness (QED) is 0.324. The van der Waals surface area contributed by atoms with E-state index in [0.717, 1.165) is 33.2 Å². The molecule has 180 valence electrons. The first-order valence-corrected chi connectivity index (χ1v) is 14.5. The van der Waals surface area contributed by atoms with Crippen LogP contribution in [0.3, 0.4) is 0 Å². The van der Waals surface area contributed by atoms with Crippen molar-refractivity contribution in [3.8, 4) is 0 Å². The molecule has 1 aliphatic heterocycles. The summed E-state index contributed by atoms with van der Waals surface area (Å²) in [5.41, 5.74) is 3.62. The molecule has 0 unspecified atom stereocenters. The van der Waals surface area contributed by atoms with Crippen molar-refractivity contribution in [1.29, 1.82) is 0 Å². The molecule has 0 aliphatic carbocycles. The summed E-state index contributed by atoms with van der Waals surface area (Å²) in [5.74, 6) is -0.392. The van der Waals surface area contributed by atoms with Gasteiger partial charge in [-0.2, -0.15) is 9.30 Å². The van der Waals surface area contributed by atoms with E-state index in [1.807, 2.05) is 42.5 Å². The van der Waals surface area contributed by atoms with Crippen molar-refractivity contribution in [3.05, 3.63) is 92.7 Å². The summed E-state index contributed by atoms with van der Waals surface area (Å²) in [4.78, 5) is 18.2. The Kier molecular flexibility index (Phi) is 6.76. The van der Waals surface area contributed by atoms with Crippen LogP contribution in [0.25, 0.3) is 10.2 Å². The minimum Gasteiger partial charge on any atom is -0.316 e. The molecular weight excluding hydrogens is 546 g/mol. The van der Waals surface area contributed by atoms with Crippen LogP contribution < -0.4 is 4.80 Å². The molecule has 0 bridgehead atoms. The highest BCUT2D eigenvalue weighted by atomic mass is 79.9. The maximum absolute atomic E-state index is 13.2. The third-order valence-corrected chi connectivity index (χ3v) is 9.52. The highest BCUT2D eigenvalue weighted by Crippen LogP contribution is 2.26. The molecule has 35 heavy (non-hydrogen) atoms. The van der Waals surface area contributed by atoms with Crippen LogP contribution in [0.15, 0.2) is 81.1 Å². The standard InChI is InChI=1S/C26H24BrN3O3S2/c1-2-14-30-23-12-9-21(27)16-24(23)34-26(30)28-25(31)19-7-10-22(11-8-19)35(32,33)29-15-13-18-5-3-4-6-20(18)17-29/h3-12,16H,2,13-15,17H2,1H3. The molecule has 5 rings (SSSR count). The fraction of sp³-hybridized carbons (Fsp3) is 0.231. The molecule has 0 saturated carbocycles. The molecule has 1 aliphatic rings. The second-order valence-electron chi connectivity index (χ2n) is 8.45. The number of fused-ring (bicyclic) bond motifs is 2. The molecule has 0 fully saturated rings. The van der Waals surface area contributed by atoms with Crippen LogP contribution in [0.1, 0.15) is 34.8 Å². The maximum Gasteiger partial charge on any atom is 0.279 e. The van der Waals surface area contributed by atoms with Crippen LogP contribution in [0.5, 0.6) is 0 Å². The molecule has 0 radical (unpaired) electrons. The van der Waals surface area contributed by atoms with Gasteiger partial charge in [0.2, 0.25) is 10.0 Å². The summed E-state index contributed by atoms with van der Waals surface area (Å²) in [5, 5.41) is 0. The second-order valence-corrected chi connectivity index (χ2v) is 12.3. The van der Waals surface area contributed by atoms with Gasteiger partial charge in [0.15, 0.2) is 4.80 Å². The number of halogens is 1. The van der Waals surface area contributed by atoms with Crippen molar-refractivity contribution in [2.24, 2.45) is 4.99 Å². The largest absolute Gasteiger partial charge is 0.316 e. The summed E-state index contributed by atoms with van der Waals surface area (Å²) >= 11 is 4.96. The van der Waals surface area contributed by atoms with Crippen molar-refractivity contribution < 1.29 is 13.2 Å². The first kappa shape index (κ1) is 24.1. The number of benzene rings is 3. The van der Waals surface area contributed by atoms with Gasteiger partial charge in [0.05, 0.1) is 15.1 Å². The SMILES string of the molecule is CCCn1c(=NC(=O)c2ccc(S(=O)(=O)N3CCc4ccccc4C3)cc2)sc2cc(Br)ccc21. The molecule has 3 aromatic carbocycles. The van der Waals surface area contributed by atoms with Crippen LogP contribution in [0.2, 0.25) is 0 Å². The molecule has 4 aromatic rings. The number of aromatic nitrogens is 1. The van der Waals surface area contributed by atoms with Crippen molar-refractivity contribution in [1.82, 2.24) is 8.87 Å². The van der Waals surface area contributed by atoms with E-state index in [0.29, 0.717) is 29.9 Å². The lowest BCUT2D eigenvalue weighted by atomic mass is 10.0. The number of aryl methyl sites for hydroxylation is 1. The van der Waals surface area contributed by atoms with Gasteiger partial charge in [-0.05, 0) is 66.4 Å². The number of hydrogen-bond donors (Lipinski definition) is 0. The third-order valence-electron chi connectivity index (χ3n) is 6.12. The first-order valence-electron chi connectivity index (χ1n) is 11.4. The lowest BCUT2D eigenvalue weighted by molar-refractivity contribution is 0.0997. The van der Waals surface area contributed by atoms with Crippen molar-refractivity contribution in [2.45, 2.75) is 37.8 Å². The van der Waals surface area contributed by atoms with Gasteiger partial charge in [0, 0.05) is 29.7 Å². The van der Waals surface area contributed by atoms with E-state index >= 15 is 0 Å². The lowest BCUT2D eigenvalue weighted by Gasteiger charge is -2.28. The van der Waals surface area contributed by atoms with E-state index < -0.39 is 15.9 Å². The van der Waals surface area contributed by atoms with Gasteiger partial charge in [-0.1, -0.05) is 58.5 Å². The number of rotatable bonds is 5. The first-order chi connectivity index (χ1) is 16.9. The Morgan fingerprint density at radius 3 is 2.54 bits per heavy atom. The average molecular weight is 571 g/mol. The molecule has 0 N–H and O–H groups in total. The van der Waals surface area contributed by atoms with Gasteiger partial charge in [0.1, 0.15) is 0 Å². The Morgan fingerprint density at radius 2 is 1.80 bits per heavy atom. The Morgan fingerprint density at radius 1 is 1.06 bits per heavy atom. The number of carbonyl (C=O) groups is 1. The highest BCUT2D eigenvalue weighted by molar-refractivity contribution is 9.10. The highest BCUT2D eigenvalue weighted by Gasteiger charge is 2.28. The van der Waals surface area contributed by atoms with Crippen LogP contribution in [0, 0.1) is 0 Å². The fourth-order valence-electron chi connectivity index (χ4n) is 4.32. The van der Waals surface area contributed by atoms with E-state index in [4.69, 9.17) is 0 Å². The summed E-state index contributed by atoms with van der Waals surface area (Å²) in [6, 6.07) is 20.0. The van der Waals surface area contributed by atoms with Crippen LogP contribution in [-0.4, -0.2) is 29.7 Å². The minimum absolute atomic E-state index is 0.182. The normalized spacial score (nSPS) is 14.9. The Bertz CT molecular complexity index is 1590. The van der Waals surface area contributed by atoms with E-state index in [2.05, 4.69) is 32.4 Å². The van der Waals surface area contributed by atoms with Crippen molar-refractivity contribution >= 4 is 53.4 Å². The number of thiazole rings is 1. The predicted molar refractivity (Wildman–Crippen MR) is 142 cm³/mol. The summed E-state index contributed by atoms with van der Waals surface area (Å²) in [7, 11) is -3.66. The van der Waals surface area contributed by atoms with Crippen LogP contribution in [0.4, 0.5) is 0 Å². The Hall–Kier alpha value is -2.59. The molecule has 1 aromatic heterocycles. The molecule has 0 spiro atoms. The topological polar surface area (TPSA) is 71.7 Å². The fourth-order valence-corrected chi connectivity index (χ4v) is 7.34.